The van der Waals surface area contributed by atoms with Gasteiger partial charge in [-0.1, -0.05) is 24.4 Å². The van der Waals surface area contributed by atoms with Crippen LogP contribution in [-0.4, -0.2) is 18.5 Å². The minimum Gasteiger partial charge on any atom is -0.356 e. The summed E-state index contributed by atoms with van der Waals surface area (Å²) in [6, 6.07) is 4.11. The molecule has 1 aliphatic rings. The molecule has 0 aromatic carbocycles. The van der Waals surface area contributed by atoms with Crippen molar-refractivity contribution in [1.29, 1.82) is 0 Å². The zero-order chi connectivity index (χ0) is 13.7. The Balaban J connectivity index is 1.66. The second-order valence-corrected chi connectivity index (χ2v) is 7.02. The van der Waals surface area contributed by atoms with E-state index in [0.717, 1.165) is 23.6 Å². The molecule has 1 amide bonds. The molecule has 0 radical (unpaired) electrons. The Bertz CT molecular complexity index is 421. The summed E-state index contributed by atoms with van der Waals surface area (Å²) in [6.45, 7) is 0.678. The van der Waals surface area contributed by atoms with Gasteiger partial charge < -0.3 is 11.1 Å². The normalized spacial score (nSPS) is 23.3. The minimum atomic E-state index is 0.130. The molecule has 0 spiro atoms. The predicted molar refractivity (Wildman–Crippen MR) is 80.6 cm³/mol. The van der Waals surface area contributed by atoms with Crippen LogP contribution in [0, 0.1) is 5.92 Å². The van der Waals surface area contributed by atoms with Gasteiger partial charge in [0.1, 0.15) is 0 Å². The number of halogens is 1. The molecule has 3 N–H and O–H groups in total. The first-order valence-electron chi connectivity index (χ1n) is 6.91. The van der Waals surface area contributed by atoms with E-state index < -0.39 is 0 Å². The monoisotopic (exact) mass is 300 g/mol. The summed E-state index contributed by atoms with van der Waals surface area (Å²) < 4.78 is 0.800. The Hall–Kier alpha value is -0.580. The third-order valence-electron chi connectivity index (χ3n) is 3.74. The number of amides is 1. The molecule has 1 aromatic heterocycles. The molecule has 0 saturated heterocycles. The first-order valence-corrected chi connectivity index (χ1v) is 8.11. The van der Waals surface area contributed by atoms with Crippen LogP contribution >= 0.6 is 22.9 Å². The summed E-state index contributed by atoms with van der Waals surface area (Å²) in [5.41, 5.74) is 6.06. The van der Waals surface area contributed by atoms with E-state index in [4.69, 9.17) is 17.3 Å². The number of rotatable bonds is 5. The van der Waals surface area contributed by atoms with Gasteiger partial charge in [-0.15, -0.1) is 11.3 Å². The highest BCUT2D eigenvalue weighted by molar-refractivity contribution is 7.16. The molecule has 1 fully saturated rings. The number of hydrogen-bond donors (Lipinski definition) is 2. The highest BCUT2D eigenvalue weighted by Gasteiger charge is 2.23. The van der Waals surface area contributed by atoms with Crippen LogP contribution < -0.4 is 11.1 Å². The van der Waals surface area contributed by atoms with Crippen LogP contribution in [0.3, 0.4) is 0 Å². The average Bonchev–Trinajstić information content (AvgIpc) is 2.78. The fourth-order valence-corrected chi connectivity index (χ4v) is 3.70. The smallest absolute Gasteiger partial charge is 0.220 e. The van der Waals surface area contributed by atoms with E-state index in [1.807, 2.05) is 12.1 Å². The van der Waals surface area contributed by atoms with E-state index in [-0.39, 0.29) is 11.9 Å². The molecule has 2 rings (SSSR count). The SMILES string of the molecule is NC1CCCCC1CC(=O)NCCc1ccc(Cl)s1. The van der Waals surface area contributed by atoms with E-state index >= 15 is 0 Å². The Morgan fingerprint density at radius 2 is 2.21 bits per heavy atom. The van der Waals surface area contributed by atoms with Crippen LogP contribution in [0.4, 0.5) is 0 Å². The van der Waals surface area contributed by atoms with Crippen LogP contribution in [-0.2, 0) is 11.2 Å². The molecule has 0 aliphatic heterocycles. The molecule has 106 valence electrons. The maximum Gasteiger partial charge on any atom is 0.220 e. The van der Waals surface area contributed by atoms with E-state index in [0.29, 0.717) is 18.9 Å². The van der Waals surface area contributed by atoms with E-state index in [9.17, 15) is 4.79 Å². The van der Waals surface area contributed by atoms with Gasteiger partial charge in [-0.05, 0) is 37.3 Å². The third-order valence-corrected chi connectivity index (χ3v) is 5.03. The van der Waals surface area contributed by atoms with Crippen LogP contribution in [0.25, 0.3) is 0 Å². The second-order valence-electron chi connectivity index (χ2n) is 5.22. The first kappa shape index (κ1) is 14.8. The molecule has 1 heterocycles. The quantitative estimate of drug-likeness (QED) is 0.878. The summed E-state index contributed by atoms with van der Waals surface area (Å²) in [4.78, 5) is 13.1. The van der Waals surface area contributed by atoms with Crippen molar-refractivity contribution in [1.82, 2.24) is 5.32 Å². The number of nitrogens with two attached hydrogens (primary N) is 1. The Labute approximate surface area is 123 Å². The number of carbonyl (C=O) groups is 1. The summed E-state index contributed by atoms with van der Waals surface area (Å²) in [7, 11) is 0. The van der Waals surface area contributed by atoms with Gasteiger partial charge in [0.2, 0.25) is 5.91 Å². The lowest BCUT2D eigenvalue weighted by Crippen LogP contribution is -2.37. The standard InChI is InChI=1S/C14H21ClN2OS/c15-13-6-5-11(19-13)7-8-17-14(18)9-10-3-1-2-4-12(10)16/h5-6,10,12H,1-4,7-9,16H2,(H,17,18). The third kappa shape index (κ3) is 4.79. The average molecular weight is 301 g/mol. The van der Waals surface area contributed by atoms with Crippen LogP contribution in [0.15, 0.2) is 12.1 Å². The molecule has 0 bridgehead atoms. The number of nitrogens with one attached hydrogen (secondary N) is 1. The first-order chi connectivity index (χ1) is 9.15. The molecule has 1 aromatic rings. The molecule has 1 saturated carbocycles. The van der Waals surface area contributed by atoms with Crippen LogP contribution in [0.2, 0.25) is 4.34 Å². The van der Waals surface area contributed by atoms with Gasteiger partial charge in [-0.2, -0.15) is 0 Å². The van der Waals surface area contributed by atoms with Crippen molar-refractivity contribution >= 4 is 28.8 Å². The van der Waals surface area contributed by atoms with Gasteiger partial charge in [-0.3, -0.25) is 4.79 Å². The van der Waals surface area contributed by atoms with Crippen molar-refractivity contribution in [3.05, 3.63) is 21.3 Å². The Morgan fingerprint density at radius 3 is 2.89 bits per heavy atom. The Kier molecular flexibility index (Phi) is 5.67. The molecule has 5 heteroatoms. The van der Waals surface area contributed by atoms with Gasteiger partial charge in [0.15, 0.2) is 0 Å². The molecule has 1 aliphatic carbocycles. The largest absolute Gasteiger partial charge is 0.356 e. The zero-order valence-corrected chi connectivity index (χ0v) is 12.6. The molecule has 3 nitrogen and oxygen atoms in total. The van der Waals surface area contributed by atoms with Crippen LogP contribution in [0.5, 0.6) is 0 Å². The zero-order valence-electron chi connectivity index (χ0n) is 11.0. The van der Waals surface area contributed by atoms with Gasteiger partial charge in [0.05, 0.1) is 4.34 Å². The fourth-order valence-electron chi connectivity index (χ4n) is 2.61. The van der Waals surface area contributed by atoms with Gasteiger partial charge >= 0.3 is 0 Å². The lowest BCUT2D eigenvalue weighted by atomic mass is 9.83. The van der Waals surface area contributed by atoms with Crippen molar-refractivity contribution in [3.63, 3.8) is 0 Å². The van der Waals surface area contributed by atoms with E-state index in [1.165, 1.54) is 17.7 Å². The lowest BCUT2D eigenvalue weighted by molar-refractivity contribution is -0.122. The predicted octanol–water partition coefficient (Wildman–Crippen LogP) is 2.97. The maximum atomic E-state index is 11.9. The summed E-state index contributed by atoms with van der Waals surface area (Å²) in [5.74, 6) is 0.495. The second kappa shape index (κ2) is 7.27. The van der Waals surface area contributed by atoms with Crippen molar-refractivity contribution in [2.24, 2.45) is 11.7 Å². The van der Waals surface area contributed by atoms with Gasteiger partial charge in [-0.25, -0.2) is 0 Å². The Morgan fingerprint density at radius 1 is 1.42 bits per heavy atom. The van der Waals surface area contributed by atoms with Gasteiger partial charge in [0, 0.05) is 23.9 Å². The highest BCUT2D eigenvalue weighted by Crippen LogP contribution is 2.25. The maximum absolute atomic E-state index is 11.9. The summed E-state index contributed by atoms with van der Waals surface area (Å²) in [6.07, 6.45) is 5.99. The molecular formula is C14H21ClN2OS. The van der Waals surface area contributed by atoms with Crippen molar-refractivity contribution in [2.75, 3.05) is 6.54 Å². The van der Waals surface area contributed by atoms with Crippen molar-refractivity contribution < 1.29 is 4.79 Å². The number of thiophene rings is 1. The lowest BCUT2D eigenvalue weighted by Gasteiger charge is -2.27. The van der Waals surface area contributed by atoms with Crippen molar-refractivity contribution in [2.45, 2.75) is 44.6 Å². The summed E-state index contributed by atoms with van der Waals surface area (Å²) in [5, 5.41) is 2.98. The van der Waals surface area contributed by atoms with E-state index in [2.05, 4.69) is 5.32 Å². The van der Waals surface area contributed by atoms with Gasteiger partial charge in [0.25, 0.3) is 0 Å². The molecule has 2 unspecified atom stereocenters. The van der Waals surface area contributed by atoms with Crippen molar-refractivity contribution in [3.8, 4) is 0 Å². The highest BCUT2D eigenvalue weighted by atomic mass is 35.5. The fraction of sp³-hybridized carbons (Fsp3) is 0.643. The van der Waals surface area contributed by atoms with Crippen LogP contribution in [0.1, 0.15) is 37.0 Å². The minimum absolute atomic E-state index is 0.130. The topological polar surface area (TPSA) is 55.1 Å². The summed E-state index contributed by atoms with van der Waals surface area (Å²) >= 11 is 7.43. The number of hydrogen-bond acceptors (Lipinski definition) is 3. The number of carbonyl (C=O) groups excluding carboxylic acids is 1. The molecule has 2 atom stereocenters. The molecular weight excluding hydrogens is 280 g/mol. The van der Waals surface area contributed by atoms with E-state index in [1.54, 1.807) is 11.3 Å². The molecule has 19 heavy (non-hydrogen) atoms.